The van der Waals surface area contributed by atoms with E-state index in [0.29, 0.717) is 11.1 Å². The average molecular weight is 202 g/mol. The maximum absolute atomic E-state index is 11.3. The Labute approximate surface area is 87.4 Å². The molecule has 0 unspecified atom stereocenters. The number of benzene rings is 1. The monoisotopic (exact) mass is 202 g/mol. The molecule has 0 N–H and O–H groups in total. The smallest absolute Gasteiger partial charge is 0.346 e. The van der Waals surface area contributed by atoms with Crippen LogP contribution in [0.3, 0.4) is 0 Å². The number of rotatable bonds is 1. The fourth-order valence-corrected chi connectivity index (χ4v) is 1.53. The van der Waals surface area contributed by atoms with Crippen molar-refractivity contribution in [3.05, 3.63) is 40.5 Å². The fourth-order valence-electron chi connectivity index (χ4n) is 1.53. The molecule has 0 saturated heterocycles. The first kappa shape index (κ1) is 9.65. The molecule has 1 aliphatic rings. The van der Waals surface area contributed by atoms with Crippen LogP contribution in [0.15, 0.2) is 23.8 Å². The number of fused-ring (bicyclic) bond motifs is 1. The second-order valence-corrected chi connectivity index (χ2v) is 3.70. The van der Waals surface area contributed by atoms with Gasteiger partial charge < -0.3 is 4.74 Å². The second-order valence-electron chi connectivity index (χ2n) is 3.70. The molecule has 15 heavy (non-hydrogen) atoms. The molecule has 0 spiro atoms. The van der Waals surface area contributed by atoms with Crippen molar-refractivity contribution in [2.45, 2.75) is 13.8 Å². The van der Waals surface area contributed by atoms with Crippen molar-refractivity contribution in [3.8, 4) is 0 Å². The molecule has 0 fully saturated rings. The SMILES string of the molecule is CC(C)=Cc1ccc2c(c1)C(=O)OC2=O. The maximum atomic E-state index is 11.3. The Bertz CT molecular complexity index is 480. The predicted octanol–water partition coefficient (Wildman–Crippen LogP) is 2.42. The van der Waals surface area contributed by atoms with Crippen molar-refractivity contribution < 1.29 is 14.3 Å². The number of carbonyl (C=O) groups excluding carboxylic acids is 2. The molecule has 0 atom stereocenters. The molecule has 0 aromatic heterocycles. The molecule has 0 radical (unpaired) electrons. The first-order chi connectivity index (χ1) is 7.08. The number of carbonyl (C=O) groups is 2. The number of esters is 2. The van der Waals surface area contributed by atoms with E-state index in [1.807, 2.05) is 19.9 Å². The van der Waals surface area contributed by atoms with Gasteiger partial charge in [-0.25, -0.2) is 9.59 Å². The van der Waals surface area contributed by atoms with Gasteiger partial charge in [0.1, 0.15) is 0 Å². The standard InChI is InChI=1S/C12H10O3/c1-7(2)5-8-3-4-9-10(6-8)12(14)15-11(9)13/h3-6H,1-2H3. The van der Waals surface area contributed by atoms with Gasteiger partial charge in [-0.2, -0.15) is 0 Å². The lowest BCUT2D eigenvalue weighted by Gasteiger charge is -1.96. The molecule has 1 aliphatic heterocycles. The van der Waals surface area contributed by atoms with Crippen molar-refractivity contribution in [3.63, 3.8) is 0 Å². The summed E-state index contributed by atoms with van der Waals surface area (Å²) in [6, 6.07) is 5.10. The molecule has 0 saturated carbocycles. The Kier molecular flexibility index (Phi) is 2.15. The van der Waals surface area contributed by atoms with Gasteiger partial charge >= 0.3 is 11.9 Å². The van der Waals surface area contributed by atoms with Crippen LogP contribution in [0, 0.1) is 0 Å². The van der Waals surface area contributed by atoms with E-state index >= 15 is 0 Å². The average Bonchev–Trinajstić information content (AvgIpc) is 2.41. The summed E-state index contributed by atoms with van der Waals surface area (Å²) < 4.78 is 4.49. The molecule has 2 rings (SSSR count). The lowest BCUT2D eigenvalue weighted by atomic mass is 10.0. The van der Waals surface area contributed by atoms with Gasteiger partial charge in [-0.05, 0) is 31.5 Å². The van der Waals surface area contributed by atoms with Gasteiger partial charge in [0.2, 0.25) is 0 Å². The van der Waals surface area contributed by atoms with Crippen molar-refractivity contribution in [2.75, 3.05) is 0 Å². The van der Waals surface area contributed by atoms with Crippen LogP contribution in [0.2, 0.25) is 0 Å². The van der Waals surface area contributed by atoms with Gasteiger partial charge in [0.05, 0.1) is 11.1 Å². The molecule has 3 heteroatoms. The maximum Gasteiger partial charge on any atom is 0.346 e. The zero-order valence-electron chi connectivity index (χ0n) is 8.53. The molecule has 1 aromatic rings. The van der Waals surface area contributed by atoms with Crippen molar-refractivity contribution >= 4 is 18.0 Å². The lowest BCUT2D eigenvalue weighted by Crippen LogP contribution is -1.96. The van der Waals surface area contributed by atoms with Gasteiger partial charge in [-0.3, -0.25) is 0 Å². The van der Waals surface area contributed by atoms with Gasteiger partial charge in [0.15, 0.2) is 0 Å². The fraction of sp³-hybridized carbons (Fsp3) is 0.167. The number of hydrogen-bond donors (Lipinski definition) is 0. The normalized spacial score (nSPS) is 13.5. The van der Waals surface area contributed by atoms with Crippen LogP contribution >= 0.6 is 0 Å². The molecule has 1 aromatic carbocycles. The first-order valence-corrected chi connectivity index (χ1v) is 4.63. The predicted molar refractivity (Wildman–Crippen MR) is 55.5 cm³/mol. The summed E-state index contributed by atoms with van der Waals surface area (Å²) in [5.41, 5.74) is 2.74. The molecular formula is C12H10O3. The zero-order chi connectivity index (χ0) is 11.0. The highest BCUT2D eigenvalue weighted by atomic mass is 16.6. The molecule has 0 amide bonds. The van der Waals surface area contributed by atoms with Crippen LogP contribution in [-0.2, 0) is 4.74 Å². The van der Waals surface area contributed by atoms with E-state index in [4.69, 9.17) is 0 Å². The number of allylic oxidation sites excluding steroid dienone is 1. The number of ether oxygens (including phenoxy) is 1. The minimum Gasteiger partial charge on any atom is -0.386 e. The molecule has 0 bridgehead atoms. The lowest BCUT2D eigenvalue weighted by molar-refractivity contribution is 0.0444. The van der Waals surface area contributed by atoms with Crippen molar-refractivity contribution in [1.82, 2.24) is 0 Å². The van der Waals surface area contributed by atoms with E-state index in [0.717, 1.165) is 11.1 Å². The van der Waals surface area contributed by atoms with E-state index < -0.39 is 11.9 Å². The highest BCUT2D eigenvalue weighted by Gasteiger charge is 2.29. The molecule has 0 aliphatic carbocycles. The van der Waals surface area contributed by atoms with Gasteiger partial charge in [0.25, 0.3) is 0 Å². The van der Waals surface area contributed by atoms with Crippen LogP contribution in [0.4, 0.5) is 0 Å². The highest BCUT2D eigenvalue weighted by molar-refractivity contribution is 6.14. The van der Waals surface area contributed by atoms with E-state index in [1.165, 1.54) is 0 Å². The Morgan fingerprint density at radius 3 is 2.47 bits per heavy atom. The molecule has 1 heterocycles. The highest BCUT2D eigenvalue weighted by Crippen LogP contribution is 2.22. The van der Waals surface area contributed by atoms with E-state index in [1.54, 1.807) is 18.2 Å². The Morgan fingerprint density at radius 2 is 1.80 bits per heavy atom. The van der Waals surface area contributed by atoms with Gasteiger partial charge in [-0.15, -0.1) is 0 Å². The van der Waals surface area contributed by atoms with Gasteiger partial charge in [0, 0.05) is 0 Å². The number of hydrogen-bond acceptors (Lipinski definition) is 3. The molecular weight excluding hydrogens is 192 g/mol. The summed E-state index contributed by atoms with van der Waals surface area (Å²) in [4.78, 5) is 22.4. The minimum atomic E-state index is -0.557. The van der Waals surface area contributed by atoms with Crippen LogP contribution in [0.25, 0.3) is 6.08 Å². The Morgan fingerprint density at radius 1 is 1.13 bits per heavy atom. The topological polar surface area (TPSA) is 43.4 Å². The summed E-state index contributed by atoms with van der Waals surface area (Å²) in [5.74, 6) is -1.11. The second kappa shape index (κ2) is 3.35. The summed E-state index contributed by atoms with van der Waals surface area (Å²) in [6.45, 7) is 3.94. The van der Waals surface area contributed by atoms with Crippen LogP contribution in [-0.4, -0.2) is 11.9 Å². The third kappa shape index (κ3) is 1.68. The van der Waals surface area contributed by atoms with Crippen LogP contribution in [0.5, 0.6) is 0 Å². The largest absolute Gasteiger partial charge is 0.386 e. The first-order valence-electron chi connectivity index (χ1n) is 4.63. The Balaban J connectivity index is 2.52. The number of cyclic esters (lactones) is 2. The third-order valence-electron chi connectivity index (χ3n) is 2.12. The van der Waals surface area contributed by atoms with Crippen LogP contribution in [0.1, 0.15) is 40.1 Å². The summed E-state index contributed by atoms with van der Waals surface area (Å²) in [5, 5.41) is 0. The molecule has 3 nitrogen and oxygen atoms in total. The van der Waals surface area contributed by atoms with E-state index in [-0.39, 0.29) is 0 Å². The van der Waals surface area contributed by atoms with Crippen molar-refractivity contribution in [2.24, 2.45) is 0 Å². The van der Waals surface area contributed by atoms with Crippen molar-refractivity contribution in [1.29, 1.82) is 0 Å². The van der Waals surface area contributed by atoms with Crippen LogP contribution < -0.4 is 0 Å². The summed E-state index contributed by atoms with van der Waals surface area (Å²) in [7, 11) is 0. The van der Waals surface area contributed by atoms with Gasteiger partial charge in [-0.1, -0.05) is 17.7 Å². The Hall–Kier alpha value is -1.90. The minimum absolute atomic E-state index is 0.353. The summed E-state index contributed by atoms with van der Waals surface area (Å²) >= 11 is 0. The third-order valence-corrected chi connectivity index (χ3v) is 2.12. The van der Waals surface area contributed by atoms with E-state index in [2.05, 4.69) is 4.74 Å². The summed E-state index contributed by atoms with van der Waals surface area (Å²) in [6.07, 6.45) is 1.94. The molecule has 76 valence electrons. The zero-order valence-corrected chi connectivity index (χ0v) is 8.53. The van der Waals surface area contributed by atoms with E-state index in [9.17, 15) is 9.59 Å². The quantitative estimate of drug-likeness (QED) is 0.518.